The predicted molar refractivity (Wildman–Crippen MR) is 137 cm³/mol. The van der Waals surface area contributed by atoms with Crippen molar-refractivity contribution in [2.24, 2.45) is 5.10 Å². The van der Waals surface area contributed by atoms with Crippen LogP contribution in [-0.2, 0) is 9.53 Å². The minimum absolute atomic E-state index is 0.0491. The molecule has 9 nitrogen and oxygen atoms in total. The van der Waals surface area contributed by atoms with E-state index in [1.807, 2.05) is 13.8 Å². The van der Waals surface area contributed by atoms with E-state index < -0.39 is 17.9 Å². The molecule has 0 N–H and O–H groups in total. The maximum absolute atomic E-state index is 13.7. The summed E-state index contributed by atoms with van der Waals surface area (Å²) in [4.78, 5) is 27.7. The Bertz CT molecular complexity index is 1300. The molecule has 0 saturated carbocycles. The van der Waals surface area contributed by atoms with E-state index in [-0.39, 0.29) is 11.8 Å². The van der Waals surface area contributed by atoms with Crippen molar-refractivity contribution >= 4 is 46.5 Å². The molecule has 2 heterocycles. The van der Waals surface area contributed by atoms with Crippen LogP contribution in [0.25, 0.3) is 0 Å². The minimum Gasteiger partial charge on any atom is -0.497 e. The summed E-state index contributed by atoms with van der Waals surface area (Å²) in [6.45, 7) is 5.53. The van der Waals surface area contributed by atoms with E-state index in [2.05, 4.69) is 15.3 Å². The van der Waals surface area contributed by atoms with Crippen molar-refractivity contribution in [2.75, 3.05) is 12.1 Å². The number of carbonyl (C=O) groups is 2. The highest BCUT2D eigenvalue weighted by Gasteiger charge is 2.41. The number of carbonyl (C=O) groups excluding carboxylic acids is 2. The standard InChI is InChI=1S/C25H25Cl2N5O4/c1-5-19(6-2)36-25(34)21-14(3)28-32(30-21)23-22(15-7-9-20(35-4)10-8-15)29-31(24(23)33)18-12-16(26)11-17(27)13-18/h7-13,19,23H,5-6H2,1-4H3. The molecule has 36 heavy (non-hydrogen) atoms. The fraction of sp³-hybridized carbons (Fsp3) is 0.320. The molecule has 1 aliphatic heterocycles. The molecule has 1 aromatic heterocycles. The first kappa shape index (κ1) is 25.7. The van der Waals surface area contributed by atoms with Crippen molar-refractivity contribution < 1.29 is 19.1 Å². The maximum atomic E-state index is 13.7. The molecule has 0 radical (unpaired) electrons. The van der Waals surface area contributed by atoms with Gasteiger partial charge in [-0.25, -0.2) is 4.79 Å². The van der Waals surface area contributed by atoms with E-state index in [0.717, 1.165) is 0 Å². The van der Waals surface area contributed by atoms with E-state index in [1.165, 1.54) is 9.81 Å². The summed E-state index contributed by atoms with van der Waals surface area (Å²) in [5.41, 5.74) is 1.82. The zero-order chi connectivity index (χ0) is 26.0. The molecule has 1 aliphatic rings. The average molecular weight is 530 g/mol. The highest BCUT2D eigenvalue weighted by molar-refractivity contribution is 6.35. The Morgan fingerprint density at radius 3 is 2.28 bits per heavy atom. The number of esters is 1. The van der Waals surface area contributed by atoms with Crippen molar-refractivity contribution in [3.8, 4) is 5.75 Å². The van der Waals surface area contributed by atoms with Crippen molar-refractivity contribution in [3.63, 3.8) is 0 Å². The molecule has 11 heteroatoms. The number of aryl methyl sites for hydroxylation is 1. The van der Waals surface area contributed by atoms with Crippen LogP contribution in [0.3, 0.4) is 0 Å². The van der Waals surface area contributed by atoms with Gasteiger partial charge in [-0.15, -0.1) is 5.10 Å². The number of ether oxygens (including phenoxy) is 2. The first-order valence-electron chi connectivity index (χ1n) is 11.4. The van der Waals surface area contributed by atoms with Crippen LogP contribution < -0.4 is 9.75 Å². The Kier molecular flexibility index (Phi) is 7.61. The number of methoxy groups -OCH3 is 1. The number of nitrogens with zero attached hydrogens (tertiary/aromatic N) is 5. The molecular weight excluding hydrogens is 505 g/mol. The monoisotopic (exact) mass is 529 g/mol. The van der Waals surface area contributed by atoms with Crippen LogP contribution in [0.1, 0.15) is 54.5 Å². The molecule has 0 fully saturated rings. The molecule has 0 saturated heterocycles. The minimum atomic E-state index is -1.04. The number of anilines is 1. The molecular formula is C25H25Cl2N5O4. The largest absolute Gasteiger partial charge is 0.497 e. The number of hydrogen-bond donors (Lipinski definition) is 0. The fourth-order valence-corrected chi connectivity index (χ4v) is 4.36. The van der Waals surface area contributed by atoms with Gasteiger partial charge in [0.1, 0.15) is 17.6 Å². The lowest BCUT2D eigenvalue weighted by Gasteiger charge is -2.15. The second kappa shape index (κ2) is 10.7. The first-order valence-corrected chi connectivity index (χ1v) is 12.2. The smallest absolute Gasteiger partial charge is 0.361 e. The highest BCUT2D eigenvalue weighted by atomic mass is 35.5. The topological polar surface area (TPSA) is 98.9 Å². The van der Waals surface area contributed by atoms with E-state index in [4.69, 9.17) is 32.7 Å². The van der Waals surface area contributed by atoms with E-state index in [1.54, 1.807) is 56.5 Å². The number of aromatic nitrogens is 3. The lowest BCUT2D eigenvalue weighted by atomic mass is 10.0. The second-order valence-electron chi connectivity index (χ2n) is 8.19. The molecule has 2 aromatic carbocycles. The normalized spacial score (nSPS) is 15.4. The first-order chi connectivity index (χ1) is 17.2. The molecule has 0 aliphatic carbocycles. The van der Waals surface area contributed by atoms with Crippen molar-refractivity contribution in [2.45, 2.75) is 45.8 Å². The molecule has 4 rings (SSSR count). The number of halogens is 2. The van der Waals surface area contributed by atoms with Gasteiger partial charge in [-0.3, -0.25) is 4.79 Å². The van der Waals surface area contributed by atoms with Crippen molar-refractivity contribution in [1.82, 2.24) is 15.0 Å². The van der Waals surface area contributed by atoms with Crippen LogP contribution >= 0.6 is 23.2 Å². The van der Waals surface area contributed by atoms with Crippen molar-refractivity contribution in [1.29, 1.82) is 0 Å². The molecule has 0 spiro atoms. The summed E-state index contributed by atoms with van der Waals surface area (Å²) in [7, 11) is 1.57. The van der Waals surface area contributed by atoms with Gasteiger partial charge in [0.25, 0.3) is 5.91 Å². The Morgan fingerprint density at radius 2 is 1.69 bits per heavy atom. The van der Waals surface area contributed by atoms with Gasteiger partial charge in [-0.2, -0.15) is 20.0 Å². The summed E-state index contributed by atoms with van der Waals surface area (Å²) >= 11 is 12.3. The lowest BCUT2D eigenvalue weighted by Crippen LogP contribution is -2.32. The molecule has 1 atom stereocenters. The number of hydrogen-bond acceptors (Lipinski definition) is 7. The number of rotatable bonds is 8. The van der Waals surface area contributed by atoms with Crippen LogP contribution in [-0.4, -0.2) is 45.8 Å². The van der Waals surface area contributed by atoms with Gasteiger partial charge in [0.2, 0.25) is 0 Å². The van der Waals surface area contributed by atoms with Gasteiger partial charge in [-0.1, -0.05) is 37.0 Å². The third-order valence-corrected chi connectivity index (χ3v) is 6.23. The molecule has 1 amide bonds. The van der Waals surface area contributed by atoms with Gasteiger partial charge in [0.15, 0.2) is 11.7 Å². The molecule has 3 aromatic rings. The number of amides is 1. The molecule has 1 unspecified atom stereocenters. The summed E-state index contributed by atoms with van der Waals surface area (Å²) in [5.74, 6) is -0.369. The lowest BCUT2D eigenvalue weighted by molar-refractivity contribution is -0.119. The van der Waals surface area contributed by atoms with Gasteiger partial charge in [0.05, 0.1) is 18.5 Å². The Balaban J connectivity index is 1.76. The third kappa shape index (κ3) is 5.08. The quantitative estimate of drug-likeness (QED) is 0.370. The maximum Gasteiger partial charge on any atom is 0.361 e. The average Bonchev–Trinajstić information content (AvgIpc) is 3.41. The fourth-order valence-electron chi connectivity index (χ4n) is 3.84. The zero-order valence-corrected chi connectivity index (χ0v) is 21.7. The SMILES string of the molecule is CCC(CC)OC(=O)c1nn(C2C(=O)N(c3cc(Cl)cc(Cl)c3)N=C2c2ccc(OC)cc2)nc1C. The zero-order valence-electron chi connectivity index (χ0n) is 20.2. The van der Waals surface area contributed by atoms with Crippen LogP contribution in [0.15, 0.2) is 47.6 Å². The Hall–Kier alpha value is -3.43. The van der Waals surface area contributed by atoms with Gasteiger partial charge in [0, 0.05) is 15.6 Å². The van der Waals surface area contributed by atoms with E-state index in [0.29, 0.717) is 51.3 Å². The third-order valence-electron chi connectivity index (χ3n) is 5.79. The van der Waals surface area contributed by atoms with E-state index >= 15 is 0 Å². The summed E-state index contributed by atoms with van der Waals surface area (Å²) in [6.07, 6.45) is 1.14. The van der Waals surface area contributed by atoms with Gasteiger partial charge < -0.3 is 9.47 Å². The Morgan fingerprint density at radius 1 is 1.06 bits per heavy atom. The van der Waals surface area contributed by atoms with Crippen LogP contribution in [0.2, 0.25) is 10.0 Å². The number of benzene rings is 2. The van der Waals surface area contributed by atoms with Crippen LogP contribution in [0, 0.1) is 6.92 Å². The molecule has 0 bridgehead atoms. The van der Waals surface area contributed by atoms with Crippen LogP contribution in [0.5, 0.6) is 5.75 Å². The van der Waals surface area contributed by atoms with Gasteiger partial charge in [-0.05, 0) is 62.2 Å². The summed E-state index contributed by atoms with van der Waals surface area (Å²) in [6, 6.07) is 10.8. The Labute approximate surface area is 218 Å². The molecule has 188 valence electrons. The van der Waals surface area contributed by atoms with Gasteiger partial charge >= 0.3 is 5.97 Å². The van der Waals surface area contributed by atoms with Crippen molar-refractivity contribution in [3.05, 3.63) is 69.5 Å². The second-order valence-corrected chi connectivity index (χ2v) is 9.07. The summed E-state index contributed by atoms with van der Waals surface area (Å²) in [5, 5.41) is 15.3. The summed E-state index contributed by atoms with van der Waals surface area (Å²) < 4.78 is 10.8. The highest BCUT2D eigenvalue weighted by Crippen LogP contribution is 2.33. The van der Waals surface area contributed by atoms with Crippen LogP contribution in [0.4, 0.5) is 5.69 Å². The van der Waals surface area contributed by atoms with E-state index in [9.17, 15) is 9.59 Å². The number of hydrazone groups is 1. The predicted octanol–water partition coefficient (Wildman–Crippen LogP) is 5.24.